The molecule has 1 saturated carbocycles. The highest BCUT2D eigenvalue weighted by molar-refractivity contribution is 5.77. The third-order valence-electron chi connectivity index (χ3n) is 5.77. The molecule has 1 aromatic heterocycles. The number of aryl methyl sites for hydroxylation is 1. The van der Waals surface area contributed by atoms with E-state index in [1.165, 1.54) is 0 Å². The Hall–Kier alpha value is -1.44. The number of aromatic nitrogens is 2. The van der Waals surface area contributed by atoms with Crippen LogP contribution in [0.2, 0.25) is 0 Å². The summed E-state index contributed by atoms with van der Waals surface area (Å²) in [5.41, 5.74) is 0.325. The number of carbonyl (C=O) groups excluding carboxylic acids is 1. The summed E-state index contributed by atoms with van der Waals surface area (Å²) in [6, 6.07) is 0.349. The highest BCUT2D eigenvalue weighted by Crippen LogP contribution is 2.56. The van der Waals surface area contributed by atoms with E-state index in [0.717, 1.165) is 44.6 Å². The van der Waals surface area contributed by atoms with Crippen molar-refractivity contribution in [2.45, 2.75) is 44.7 Å². The predicted octanol–water partition coefficient (Wildman–Crippen LogP) is 1.33. The summed E-state index contributed by atoms with van der Waals surface area (Å²) < 4.78 is 12.6. The maximum absolute atomic E-state index is 12.9. The van der Waals surface area contributed by atoms with Gasteiger partial charge in [-0.15, -0.1) is 0 Å². The zero-order chi connectivity index (χ0) is 18.4. The average Bonchev–Trinajstić information content (AvgIpc) is 3.15. The van der Waals surface area contributed by atoms with Crippen molar-refractivity contribution in [1.82, 2.24) is 19.8 Å². The molecule has 0 aromatic carbocycles. The van der Waals surface area contributed by atoms with E-state index in [0.29, 0.717) is 44.2 Å². The van der Waals surface area contributed by atoms with Crippen molar-refractivity contribution >= 4 is 5.91 Å². The normalized spacial score (nSPS) is 21.1. The lowest BCUT2D eigenvalue weighted by Gasteiger charge is -2.29. The largest absolute Gasteiger partial charge is 0.385 e. The molecule has 2 aliphatic rings. The van der Waals surface area contributed by atoms with Crippen molar-refractivity contribution in [2.75, 3.05) is 40.0 Å². The van der Waals surface area contributed by atoms with Crippen LogP contribution >= 0.6 is 0 Å². The summed E-state index contributed by atoms with van der Waals surface area (Å²) in [7, 11) is 3.67. The Morgan fingerprint density at radius 1 is 1.38 bits per heavy atom. The van der Waals surface area contributed by atoms with E-state index in [1.807, 2.05) is 17.8 Å². The van der Waals surface area contributed by atoms with Crippen LogP contribution in [-0.2, 0) is 27.9 Å². The first-order valence-electron chi connectivity index (χ1n) is 9.69. The van der Waals surface area contributed by atoms with Gasteiger partial charge in [0.1, 0.15) is 5.82 Å². The summed E-state index contributed by atoms with van der Waals surface area (Å²) in [6.45, 7) is 4.51. The Morgan fingerprint density at radius 3 is 2.88 bits per heavy atom. The molecule has 0 bridgehead atoms. The lowest BCUT2D eigenvalue weighted by Crippen LogP contribution is -2.39. The smallest absolute Gasteiger partial charge is 0.225 e. The Morgan fingerprint density at radius 2 is 2.19 bits per heavy atom. The fourth-order valence-corrected chi connectivity index (χ4v) is 4.01. The fraction of sp³-hybridized carbons (Fsp3) is 0.789. The number of amides is 1. The summed E-state index contributed by atoms with van der Waals surface area (Å²) in [5, 5.41) is 3.43. The number of methoxy groups -OCH3 is 1. The molecule has 7 heteroatoms. The van der Waals surface area contributed by atoms with Crippen LogP contribution in [0, 0.1) is 5.41 Å². The molecule has 1 amide bonds. The molecule has 1 aliphatic carbocycles. The first-order valence-corrected chi connectivity index (χ1v) is 9.69. The van der Waals surface area contributed by atoms with Gasteiger partial charge in [0, 0.05) is 45.8 Å². The number of hydrogen-bond acceptors (Lipinski definition) is 5. The SMILES string of the molecule is COCCCOCCC(=O)N(Cc1nccn1C)C1CC12CCNCC2. The van der Waals surface area contributed by atoms with E-state index >= 15 is 0 Å². The van der Waals surface area contributed by atoms with Gasteiger partial charge in [-0.2, -0.15) is 0 Å². The molecular weight excluding hydrogens is 332 g/mol. The van der Waals surface area contributed by atoms with Gasteiger partial charge in [-0.25, -0.2) is 4.98 Å². The first-order chi connectivity index (χ1) is 12.7. The molecule has 1 unspecified atom stereocenters. The number of nitrogens with one attached hydrogen (secondary N) is 1. The lowest BCUT2D eigenvalue weighted by atomic mass is 9.93. The van der Waals surface area contributed by atoms with Crippen molar-refractivity contribution < 1.29 is 14.3 Å². The molecule has 0 radical (unpaired) electrons. The Labute approximate surface area is 156 Å². The molecule has 1 N–H and O–H groups in total. The van der Waals surface area contributed by atoms with Crippen LogP contribution in [0.4, 0.5) is 0 Å². The van der Waals surface area contributed by atoms with Gasteiger partial charge in [-0.1, -0.05) is 0 Å². The van der Waals surface area contributed by atoms with E-state index in [9.17, 15) is 4.79 Å². The molecule has 26 heavy (non-hydrogen) atoms. The number of piperidine rings is 1. The van der Waals surface area contributed by atoms with Gasteiger partial charge in [0.15, 0.2) is 0 Å². The molecule has 1 saturated heterocycles. The summed E-state index contributed by atoms with van der Waals surface area (Å²) >= 11 is 0. The van der Waals surface area contributed by atoms with E-state index in [-0.39, 0.29) is 5.91 Å². The topological polar surface area (TPSA) is 68.6 Å². The number of carbonyl (C=O) groups is 1. The molecule has 7 nitrogen and oxygen atoms in total. The van der Waals surface area contributed by atoms with Crippen molar-refractivity contribution in [3.63, 3.8) is 0 Å². The molecule has 2 heterocycles. The maximum atomic E-state index is 12.9. The van der Waals surface area contributed by atoms with Gasteiger partial charge in [-0.3, -0.25) is 4.79 Å². The van der Waals surface area contributed by atoms with Gasteiger partial charge < -0.3 is 24.3 Å². The quantitative estimate of drug-likeness (QED) is 0.635. The van der Waals surface area contributed by atoms with E-state index in [4.69, 9.17) is 9.47 Å². The van der Waals surface area contributed by atoms with Crippen LogP contribution in [0.5, 0.6) is 0 Å². The minimum Gasteiger partial charge on any atom is -0.385 e. The predicted molar refractivity (Wildman–Crippen MR) is 98.6 cm³/mol. The molecular formula is C19H32N4O3. The van der Waals surface area contributed by atoms with Crippen LogP contribution in [0.1, 0.15) is 37.9 Å². The van der Waals surface area contributed by atoms with Crippen LogP contribution < -0.4 is 5.32 Å². The zero-order valence-corrected chi connectivity index (χ0v) is 16.1. The third-order valence-corrected chi connectivity index (χ3v) is 5.77. The molecule has 2 fully saturated rings. The Balaban J connectivity index is 1.56. The van der Waals surface area contributed by atoms with Gasteiger partial charge >= 0.3 is 0 Å². The fourth-order valence-electron chi connectivity index (χ4n) is 4.01. The van der Waals surface area contributed by atoms with Crippen molar-refractivity contribution in [1.29, 1.82) is 0 Å². The number of ether oxygens (including phenoxy) is 2. The number of rotatable bonds is 10. The van der Waals surface area contributed by atoms with Crippen molar-refractivity contribution in [2.24, 2.45) is 12.5 Å². The van der Waals surface area contributed by atoms with Gasteiger partial charge in [0.05, 0.1) is 19.6 Å². The Bertz CT molecular complexity index is 583. The standard InChI is InChI=1S/C19H32N4O3/c1-22-10-9-21-17(22)15-23(16-14-19(16)5-7-20-8-6-19)18(24)4-13-26-12-3-11-25-2/h9-10,16,20H,3-8,11-15H2,1-2H3. The summed E-state index contributed by atoms with van der Waals surface area (Å²) in [5.74, 6) is 1.12. The minimum absolute atomic E-state index is 0.181. The molecule has 146 valence electrons. The second-order valence-corrected chi connectivity index (χ2v) is 7.52. The minimum atomic E-state index is 0.181. The molecule has 1 spiro atoms. The number of nitrogens with zero attached hydrogens (tertiary/aromatic N) is 3. The summed E-state index contributed by atoms with van der Waals surface area (Å²) in [6.07, 6.45) is 8.47. The van der Waals surface area contributed by atoms with Crippen LogP contribution in [-0.4, -0.2) is 66.4 Å². The van der Waals surface area contributed by atoms with Crippen LogP contribution in [0.25, 0.3) is 0 Å². The average molecular weight is 364 g/mol. The van der Waals surface area contributed by atoms with Crippen molar-refractivity contribution in [3.05, 3.63) is 18.2 Å². The van der Waals surface area contributed by atoms with E-state index in [1.54, 1.807) is 13.3 Å². The molecule has 3 rings (SSSR count). The summed E-state index contributed by atoms with van der Waals surface area (Å²) in [4.78, 5) is 19.4. The highest BCUT2D eigenvalue weighted by Gasteiger charge is 2.57. The first kappa shape index (κ1) is 19.3. The second kappa shape index (κ2) is 8.97. The Kier molecular flexibility index (Phi) is 6.67. The lowest BCUT2D eigenvalue weighted by molar-refractivity contribution is -0.134. The number of hydrogen-bond donors (Lipinski definition) is 1. The van der Waals surface area contributed by atoms with Crippen LogP contribution in [0.3, 0.4) is 0 Å². The van der Waals surface area contributed by atoms with Crippen molar-refractivity contribution in [3.8, 4) is 0 Å². The number of imidazole rings is 1. The highest BCUT2D eigenvalue weighted by atomic mass is 16.5. The molecule has 1 aliphatic heterocycles. The molecule has 1 atom stereocenters. The molecule has 1 aromatic rings. The van der Waals surface area contributed by atoms with Crippen LogP contribution in [0.15, 0.2) is 12.4 Å². The second-order valence-electron chi connectivity index (χ2n) is 7.52. The van der Waals surface area contributed by atoms with Gasteiger partial charge in [-0.05, 0) is 44.2 Å². The van der Waals surface area contributed by atoms with Gasteiger partial charge in [0.2, 0.25) is 5.91 Å². The van der Waals surface area contributed by atoms with Gasteiger partial charge in [0.25, 0.3) is 0 Å². The maximum Gasteiger partial charge on any atom is 0.225 e. The monoisotopic (exact) mass is 364 g/mol. The third kappa shape index (κ3) is 4.64. The van der Waals surface area contributed by atoms with E-state index < -0.39 is 0 Å². The zero-order valence-electron chi connectivity index (χ0n) is 16.1. The van der Waals surface area contributed by atoms with E-state index in [2.05, 4.69) is 15.2 Å².